The van der Waals surface area contributed by atoms with Crippen molar-refractivity contribution in [3.63, 3.8) is 0 Å². The Hall–Kier alpha value is -3.69. The zero-order valence-electron chi connectivity index (χ0n) is 19.8. The minimum Gasteiger partial charge on any atom is -0.338 e. The maximum atomic E-state index is 13.1. The van der Waals surface area contributed by atoms with Crippen molar-refractivity contribution in [3.8, 4) is 0 Å². The highest BCUT2D eigenvalue weighted by atomic mass is 16.5. The highest BCUT2D eigenvalue weighted by Gasteiger charge is 2.32. The summed E-state index contributed by atoms with van der Waals surface area (Å²) >= 11 is 0. The average molecular weight is 474 g/mol. The third-order valence-corrected chi connectivity index (χ3v) is 6.42. The van der Waals surface area contributed by atoms with E-state index >= 15 is 0 Å². The Bertz CT molecular complexity index is 1290. The van der Waals surface area contributed by atoms with Gasteiger partial charge in [0.1, 0.15) is 0 Å². The summed E-state index contributed by atoms with van der Waals surface area (Å²) in [7, 11) is 0. The van der Waals surface area contributed by atoms with Gasteiger partial charge in [0, 0.05) is 48.8 Å². The number of carbonyl (C=O) groups is 3. The molecule has 2 aromatic carbocycles. The molecule has 1 fully saturated rings. The van der Waals surface area contributed by atoms with E-state index in [0.29, 0.717) is 40.6 Å². The van der Waals surface area contributed by atoms with E-state index in [4.69, 9.17) is 4.52 Å². The first kappa shape index (κ1) is 23.1. The molecular weight excluding hydrogens is 446 g/mol. The van der Waals surface area contributed by atoms with Gasteiger partial charge >= 0.3 is 0 Å². The van der Waals surface area contributed by atoms with Crippen LogP contribution in [0.25, 0.3) is 0 Å². The molecule has 1 aromatic heterocycles. The number of nitrogens with one attached hydrogen (secondary N) is 1. The number of rotatable bonds is 6. The molecule has 1 aliphatic carbocycles. The van der Waals surface area contributed by atoms with Crippen molar-refractivity contribution >= 4 is 23.2 Å². The zero-order valence-corrected chi connectivity index (χ0v) is 19.8. The summed E-state index contributed by atoms with van der Waals surface area (Å²) in [4.78, 5) is 47.6. The number of hydrogen-bond donors (Lipinski definition) is 1. The fraction of sp³-hybridized carbons (Fsp3) is 0.346. The number of anilines is 1. The van der Waals surface area contributed by atoms with Crippen LogP contribution in [0.1, 0.15) is 63.3 Å². The lowest BCUT2D eigenvalue weighted by Gasteiger charge is -2.33. The number of aromatic nitrogens is 2. The fourth-order valence-electron chi connectivity index (χ4n) is 4.51. The Balaban J connectivity index is 1.20. The first-order chi connectivity index (χ1) is 16.9. The number of benzene rings is 2. The van der Waals surface area contributed by atoms with Gasteiger partial charge in [0.15, 0.2) is 17.4 Å². The molecule has 2 heterocycles. The SMILES string of the molecule is CC(C)c1noc(CN2CCN(CC(=O)Nc3cccc4c3C(=O)c3ccccc3C4=O)CC2)n1. The van der Waals surface area contributed by atoms with Crippen LogP contribution in [0.15, 0.2) is 47.0 Å². The molecule has 3 aromatic rings. The third-order valence-electron chi connectivity index (χ3n) is 6.42. The van der Waals surface area contributed by atoms with Gasteiger partial charge in [-0.3, -0.25) is 24.2 Å². The molecule has 1 aliphatic heterocycles. The van der Waals surface area contributed by atoms with Gasteiger partial charge in [-0.05, 0) is 6.07 Å². The summed E-state index contributed by atoms with van der Waals surface area (Å²) in [6.07, 6.45) is 0. The predicted molar refractivity (Wildman–Crippen MR) is 128 cm³/mol. The summed E-state index contributed by atoms with van der Waals surface area (Å²) < 4.78 is 5.34. The van der Waals surface area contributed by atoms with Gasteiger partial charge in [-0.15, -0.1) is 0 Å². The number of nitrogens with zero attached hydrogens (tertiary/aromatic N) is 4. The average Bonchev–Trinajstić information content (AvgIpc) is 3.32. The maximum Gasteiger partial charge on any atom is 0.240 e. The van der Waals surface area contributed by atoms with Crippen molar-refractivity contribution in [2.24, 2.45) is 0 Å². The predicted octanol–water partition coefficient (Wildman–Crippen LogP) is 2.72. The zero-order chi connectivity index (χ0) is 24.5. The number of amides is 1. The van der Waals surface area contributed by atoms with Crippen LogP contribution in [-0.2, 0) is 11.3 Å². The summed E-state index contributed by atoms with van der Waals surface area (Å²) in [5.41, 5.74) is 1.71. The molecule has 180 valence electrons. The Morgan fingerprint density at radius 1 is 0.943 bits per heavy atom. The summed E-state index contributed by atoms with van der Waals surface area (Å²) in [5.74, 6) is 0.868. The monoisotopic (exact) mass is 473 g/mol. The molecular formula is C26H27N5O4. The van der Waals surface area contributed by atoms with Gasteiger partial charge < -0.3 is 9.84 Å². The molecule has 0 bridgehead atoms. The maximum absolute atomic E-state index is 13.1. The van der Waals surface area contributed by atoms with Crippen LogP contribution in [0.3, 0.4) is 0 Å². The normalized spacial score (nSPS) is 16.3. The quantitative estimate of drug-likeness (QED) is 0.455. The third kappa shape index (κ3) is 4.65. The molecule has 9 heteroatoms. The van der Waals surface area contributed by atoms with E-state index in [0.717, 1.165) is 26.2 Å². The number of ketones is 2. The first-order valence-electron chi connectivity index (χ1n) is 11.8. The second kappa shape index (κ2) is 9.52. The second-order valence-corrected chi connectivity index (χ2v) is 9.23. The first-order valence-corrected chi connectivity index (χ1v) is 11.8. The van der Waals surface area contributed by atoms with E-state index in [1.807, 2.05) is 13.8 Å². The van der Waals surface area contributed by atoms with Crippen LogP contribution in [0.2, 0.25) is 0 Å². The Morgan fingerprint density at radius 2 is 1.60 bits per heavy atom. The fourth-order valence-corrected chi connectivity index (χ4v) is 4.51. The van der Waals surface area contributed by atoms with Crippen molar-refractivity contribution in [1.82, 2.24) is 19.9 Å². The molecule has 9 nitrogen and oxygen atoms in total. The van der Waals surface area contributed by atoms with Crippen molar-refractivity contribution < 1.29 is 18.9 Å². The molecule has 2 aliphatic rings. The summed E-state index contributed by atoms with van der Waals surface area (Å²) in [6, 6.07) is 11.8. The van der Waals surface area contributed by atoms with Gasteiger partial charge in [-0.25, -0.2) is 0 Å². The molecule has 1 amide bonds. The van der Waals surface area contributed by atoms with Crippen molar-refractivity contribution in [3.05, 3.63) is 76.4 Å². The Kier molecular flexibility index (Phi) is 6.27. The Morgan fingerprint density at radius 3 is 2.29 bits per heavy atom. The molecule has 0 unspecified atom stereocenters. The summed E-state index contributed by atoms with van der Waals surface area (Å²) in [6.45, 7) is 7.83. The number of fused-ring (bicyclic) bond motifs is 2. The number of carbonyl (C=O) groups excluding carboxylic acids is 3. The highest BCUT2D eigenvalue weighted by molar-refractivity contribution is 6.30. The van der Waals surface area contributed by atoms with E-state index in [2.05, 4.69) is 25.3 Å². The Labute approximate surface area is 203 Å². The van der Waals surface area contributed by atoms with E-state index in [9.17, 15) is 14.4 Å². The van der Waals surface area contributed by atoms with Crippen molar-refractivity contribution in [1.29, 1.82) is 0 Å². The molecule has 35 heavy (non-hydrogen) atoms. The second-order valence-electron chi connectivity index (χ2n) is 9.23. The van der Waals surface area contributed by atoms with Crippen LogP contribution >= 0.6 is 0 Å². The van der Waals surface area contributed by atoms with Crippen LogP contribution < -0.4 is 5.32 Å². The smallest absolute Gasteiger partial charge is 0.240 e. The minimum atomic E-state index is -0.249. The lowest BCUT2D eigenvalue weighted by molar-refractivity contribution is -0.117. The van der Waals surface area contributed by atoms with Crippen molar-refractivity contribution in [2.75, 3.05) is 38.0 Å². The molecule has 0 saturated carbocycles. The molecule has 0 atom stereocenters. The van der Waals surface area contributed by atoms with Gasteiger partial charge in [-0.1, -0.05) is 55.4 Å². The topological polar surface area (TPSA) is 109 Å². The molecule has 1 N–H and O–H groups in total. The van der Waals surface area contributed by atoms with Crippen molar-refractivity contribution in [2.45, 2.75) is 26.3 Å². The van der Waals surface area contributed by atoms with Crippen LogP contribution in [0.4, 0.5) is 5.69 Å². The standard InChI is InChI=1S/C26H27N5O4/c1-16(2)26-28-22(35-29-26)15-31-12-10-30(11-13-31)14-21(32)27-20-9-5-8-19-23(20)25(34)18-7-4-3-6-17(18)24(19)33/h3-9,16H,10-15H2,1-2H3,(H,27,32). The summed E-state index contributed by atoms with van der Waals surface area (Å²) in [5, 5.41) is 6.87. The van der Waals surface area contributed by atoms with Gasteiger partial charge in [-0.2, -0.15) is 4.98 Å². The van der Waals surface area contributed by atoms with E-state index in [1.165, 1.54) is 0 Å². The molecule has 0 radical (unpaired) electrons. The molecule has 5 rings (SSSR count). The largest absolute Gasteiger partial charge is 0.338 e. The van der Waals surface area contributed by atoms with Gasteiger partial charge in [0.25, 0.3) is 0 Å². The number of hydrogen-bond acceptors (Lipinski definition) is 8. The van der Waals surface area contributed by atoms with Crippen LogP contribution in [-0.4, -0.2) is 70.1 Å². The number of piperazine rings is 1. The van der Waals surface area contributed by atoms with Gasteiger partial charge in [0.2, 0.25) is 11.8 Å². The lowest BCUT2D eigenvalue weighted by Crippen LogP contribution is -2.48. The highest BCUT2D eigenvalue weighted by Crippen LogP contribution is 2.31. The van der Waals surface area contributed by atoms with E-state index < -0.39 is 0 Å². The van der Waals surface area contributed by atoms with Crippen LogP contribution in [0.5, 0.6) is 0 Å². The molecule has 1 saturated heterocycles. The van der Waals surface area contributed by atoms with Crippen LogP contribution in [0, 0.1) is 0 Å². The van der Waals surface area contributed by atoms with Gasteiger partial charge in [0.05, 0.1) is 24.3 Å². The van der Waals surface area contributed by atoms with E-state index in [1.54, 1.807) is 42.5 Å². The van der Waals surface area contributed by atoms with E-state index in [-0.39, 0.29) is 35.5 Å². The minimum absolute atomic E-state index is 0.203. The molecule has 0 spiro atoms. The lowest BCUT2D eigenvalue weighted by atomic mass is 9.83.